The Balaban J connectivity index is 1.39. The summed E-state index contributed by atoms with van der Waals surface area (Å²) in [7, 11) is 0. The van der Waals surface area contributed by atoms with Crippen molar-refractivity contribution in [2.75, 3.05) is 4.90 Å². The molecule has 4 unspecified atom stereocenters. The van der Waals surface area contributed by atoms with Crippen molar-refractivity contribution >= 4 is 51.4 Å². The number of Topliss-reactive ketones (excluding diaryl/α,β-unsaturated/α-hetero) is 1. The lowest BCUT2D eigenvalue weighted by molar-refractivity contribution is -0.123. The molecule has 3 aromatic rings. The van der Waals surface area contributed by atoms with E-state index in [1.54, 1.807) is 31.2 Å². The number of carbonyl (C=O) groups excluding carboxylic acids is 4. The van der Waals surface area contributed by atoms with Crippen LogP contribution in [-0.4, -0.2) is 28.5 Å². The van der Waals surface area contributed by atoms with Crippen LogP contribution in [0.4, 0.5) is 5.69 Å². The highest BCUT2D eigenvalue weighted by molar-refractivity contribution is 6.32. The number of allylic oxidation sites excluding steroid dienone is 6. The first-order chi connectivity index (χ1) is 19.7. The molecule has 3 aromatic carbocycles. The van der Waals surface area contributed by atoms with E-state index in [9.17, 15) is 24.3 Å². The van der Waals surface area contributed by atoms with E-state index in [2.05, 4.69) is 0 Å². The summed E-state index contributed by atoms with van der Waals surface area (Å²) in [5.41, 5.74) is 3.64. The third-order valence-corrected chi connectivity index (χ3v) is 9.63. The maximum Gasteiger partial charge on any atom is 0.238 e. The number of hydrogen-bond donors (Lipinski definition) is 1. The summed E-state index contributed by atoms with van der Waals surface area (Å²) in [6.45, 7) is 3.47. The number of anilines is 1. The SMILES string of the molecule is CC1=CC(=O)C2=C(CC3C(=CCC4C(=O)N(c5ccc(C)c(Cl)c5)C(=O)C43)C2c2ccc3ccccc3c2O)C1=O. The molecule has 7 rings (SSSR count). The number of benzene rings is 3. The van der Waals surface area contributed by atoms with Crippen LogP contribution in [-0.2, 0) is 19.2 Å². The maximum atomic E-state index is 14.1. The van der Waals surface area contributed by atoms with Gasteiger partial charge in [0.15, 0.2) is 11.6 Å². The second-order valence-corrected chi connectivity index (χ2v) is 11.8. The summed E-state index contributed by atoms with van der Waals surface area (Å²) >= 11 is 6.35. The van der Waals surface area contributed by atoms with Crippen LogP contribution in [0.25, 0.3) is 10.8 Å². The molecule has 1 fully saturated rings. The van der Waals surface area contributed by atoms with Crippen LogP contribution in [0, 0.1) is 24.7 Å². The number of amides is 2. The largest absolute Gasteiger partial charge is 0.507 e. The molecule has 0 saturated carbocycles. The molecule has 3 aliphatic carbocycles. The molecule has 1 saturated heterocycles. The molecule has 1 N–H and O–H groups in total. The second kappa shape index (κ2) is 9.11. The summed E-state index contributed by atoms with van der Waals surface area (Å²) in [4.78, 5) is 56.0. The number of aryl methyl sites for hydroxylation is 1. The van der Waals surface area contributed by atoms with Crippen molar-refractivity contribution in [3.63, 3.8) is 0 Å². The van der Waals surface area contributed by atoms with Crippen molar-refractivity contribution in [1.29, 1.82) is 0 Å². The van der Waals surface area contributed by atoms with Gasteiger partial charge in [-0.05, 0) is 61.8 Å². The number of halogens is 1. The first-order valence-electron chi connectivity index (χ1n) is 13.7. The van der Waals surface area contributed by atoms with Gasteiger partial charge in [0.2, 0.25) is 11.8 Å². The molecule has 204 valence electrons. The lowest BCUT2D eigenvalue weighted by Crippen LogP contribution is -2.39. The predicted molar refractivity (Wildman–Crippen MR) is 156 cm³/mol. The minimum Gasteiger partial charge on any atom is -0.507 e. The predicted octanol–water partition coefficient (Wildman–Crippen LogP) is 6.14. The van der Waals surface area contributed by atoms with Gasteiger partial charge in [-0.15, -0.1) is 0 Å². The highest BCUT2D eigenvalue weighted by Gasteiger charge is 2.56. The molecular formula is C34H26ClNO5. The average molecular weight is 564 g/mol. The fourth-order valence-electron chi connectivity index (χ4n) is 7.22. The molecule has 0 radical (unpaired) electrons. The number of fused-ring (bicyclic) bond motifs is 4. The van der Waals surface area contributed by atoms with Crippen LogP contribution in [0.2, 0.25) is 5.02 Å². The Morgan fingerprint density at radius 3 is 2.49 bits per heavy atom. The normalized spacial score (nSPS) is 25.7. The Kier molecular flexibility index (Phi) is 5.70. The molecule has 7 heteroatoms. The quantitative estimate of drug-likeness (QED) is 0.230. The standard InChI is InChI=1S/C34H26ClNO5/c1-16-7-9-19(14-26(16)35)36-33(40)23-12-11-21-24(29(23)34(36)41)15-25-30(27(37)13-17(2)31(25)38)28(21)22-10-8-18-5-3-4-6-20(18)32(22)39/h3-11,13-14,23-24,28-29,39H,12,15H2,1-2H3. The Morgan fingerprint density at radius 1 is 0.927 bits per heavy atom. The Hall–Kier alpha value is -4.29. The molecule has 0 bridgehead atoms. The Morgan fingerprint density at radius 2 is 1.71 bits per heavy atom. The smallest absolute Gasteiger partial charge is 0.238 e. The van der Waals surface area contributed by atoms with Crippen LogP contribution >= 0.6 is 11.6 Å². The fraction of sp³-hybridized carbons (Fsp3) is 0.235. The summed E-state index contributed by atoms with van der Waals surface area (Å²) in [6, 6.07) is 16.3. The minimum absolute atomic E-state index is 0.0416. The van der Waals surface area contributed by atoms with Crippen LogP contribution in [0.3, 0.4) is 0 Å². The zero-order valence-corrected chi connectivity index (χ0v) is 23.2. The van der Waals surface area contributed by atoms with Gasteiger partial charge in [0, 0.05) is 38.6 Å². The van der Waals surface area contributed by atoms with Crippen LogP contribution in [0.5, 0.6) is 5.75 Å². The van der Waals surface area contributed by atoms with Crippen molar-refractivity contribution in [1.82, 2.24) is 0 Å². The average Bonchev–Trinajstić information content (AvgIpc) is 3.22. The zero-order chi connectivity index (χ0) is 28.7. The van der Waals surface area contributed by atoms with Gasteiger partial charge >= 0.3 is 0 Å². The molecule has 0 spiro atoms. The van der Waals surface area contributed by atoms with Crippen LogP contribution in [0.1, 0.15) is 36.8 Å². The number of aromatic hydroxyl groups is 1. The lowest BCUT2D eigenvalue weighted by atomic mass is 9.59. The number of rotatable bonds is 2. The lowest BCUT2D eigenvalue weighted by Gasteiger charge is -2.42. The van der Waals surface area contributed by atoms with Gasteiger partial charge in [-0.25, -0.2) is 4.90 Å². The maximum absolute atomic E-state index is 14.1. The van der Waals surface area contributed by atoms with E-state index < -0.39 is 23.7 Å². The summed E-state index contributed by atoms with van der Waals surface area (Å²) in [5, 5.41) is 13.5. The van der Waals surface area contributed by atoms with E-state index in [4.69, 9.17) is 11.6 Å². The van der Waals surface area contributed by atoms with Gasteiger partial charge in [0.25, 0.3) is 0 Å². The number of hydrogen-bond acceptors (Lipinski definition) is 5. The zero-order valence-electron chi connectivity index (χ0n) is 22.5. The van der Waals surface area contributed by atoms with Crippen LogP contribution in [0.15, 0.2) is 89.0 Å². The number of phenolic OH excluding ortho intramolecular Hbond substituents is 1. The van der Waals surface area contributed by atoms with E-state index in [-0.39, 0.29) is 35.6 Å². The molecule has 4 aliphatic rings. The third-order valence-electron chi connectivity index (χ3n) is 9.22. The molecule has 41 heavy (non-hydrogen) atoms. The topological polar surface area (TPSA) is 91.8 Å². The summed E-state index contributed by atoms with van der Waals surface area (Å²) in [6.07, 6.45) is 3.83. The Bertz CT molecular complexity index is 1850. The van der Waals surface area contributed by atoms with Gasteiger partial charge in [-0.3, -0.25) is 19.2 Å². The van der Waals surface area contributed by atoms with E-state index in [1.807, 2.05) is 43.3 Å². The van der Waals surface area contributed by atoms with Crippen LogP contribution < -0.4 is 4.90 Å². The van der Waals surface area contributed by atoms with Gasteiger partial charge in [0.05, 0.1) is 17.5 Å². The molecule has 2 amide bonds. The van der Waals surface area contributed by atoms with Crippen molar-refractivity contribution in [3.05, 3.63) is 105 Å². The molecule has 6 nitrogen and oxygen atoms in total. The van der Waals surface area contributed by atoms with Crippen molar-refractivity contribution < 1.29 is 24.3 Å². The van der Waals surface area contributed by atoms with Crippen molar-refractivity contribution in [2.45, 2.75) is 32.6 Å². The minimum atomic E-state index is -0.708. The van der Waals surface area contributed by atoms with Crippen molar-refractivity contribution in [3.8, 4) is 5.75 Å². The number of phenols is 1. The van der Waals surface area contributed by atoms with Gasteiger partial charge in [0.1, 0.15) is 5.75 Å². The highest BCUT2D eigenvalue weighted by Crippen LogP contribution is 2.56. The van der Waals surface area contributed by atoms with E-state index in [0.29, 0.717) is 44.8 Å². The van der Waals surface area contributed by atoms with E-state index in [0.717, 1.165) is 16.5 Å². The number of imide groups is 1. The molecule has 0 aromatic heterocycles. The summed E-state index contributed by atoms with van der Waals surface area (Å²) in [5.74, 6) is -3.55. The highest BCUT2D eigenvalue weighted by atomic mass is 35.5. The molecule has 1 aliphatic heterocycles. The summed E-state index contributed by atoms with van der Waals surface area (Å²) < 4.78 is 0. The number of nitrogens with zero attached hydrogens (tertiary/aromatic N) is 1. The van der Waals surface area contributed by atoms with Gasteiger partial charge in [-0.2, -0.15) is 0 Å². The molecular weight excluding hydrogens is 538 g/mol. The van der Waals surface area contributed by atoms with Gasteiger partial charge in [-0.1, -0.05) is 65.7 Å². The molecule has 1 heterocycles. The number of ketones is 2. The monoisotopic (exact) mass is 563 g/mol. The number of carbonyl (C=O) groups is 4. The first kappa shape index (κ1) is 25.7. The van der Waals surface area contributed by atoms with Gasteiger partial charge < -0.3 is 5.11 Å². The third kappa shape index (κ3) is 3.63. The fourth-order valence-corrected chi connectivity index (χ4v) is 7.39. The second-order valence-electron chi connectivity index (χ2n) is 11.4. The molecule has 4 atom stereocenters. The van der Waals surface area contributed by atoms with Crippen molar-refractivity contribution in [2.24, 2.45) is 17.8 Å². The van der Waals surface area contributed by atoms with E-state index in [1.165, 1.54) is 11.0 Å². The Labute approximate surface area is 241 Å². The van der Waals surface area contributed by atoms with E-state index >= 15 is 0 Å². The first-order valence-corrected chi connectivity index (χ1v) is 14.1.